The van der Waals surface area contributed by atoms with Gasteiger partial charge in [0.15, 0.2) is 0 Å². The molecule has 25 heavy (non-hydrogen) atoms. The van der Waals surface area contributed by atoms with Crippen LogP contribution in [-0.4, -0.2) is 30.2 Å². The molecule has 0 aliphatic carbocycles. The normalized spacial score (nSPS) is 11.5. The van der Waals surface area contributed by atoms with Crippen LogP contribution in [0.5, 0.6) is 0 Å². The Morgan fingerprint density at radius 3 is 2.72 bits per heavy atom. The second kappa shape index (κ2) is 6.49. The number of halogens is 1. The van der Waals surface area contributed by atoms with E-state index in [-0.39, 0.29) is 11.9 Å². The van der Waals surface area contributed by atoms with Crippen molar-refractivity contribution in [2.45, 2.75) is 30.1 Å². The molecule has 0 aliphatic heterocycles. The molecule has 0 atom stereocenters. The topological polar surface area (TPSA) is 69.4 Å². The van der Waals surface area contributed by atoms with Crippen molar-refractivity contribution in [2.24, 2.45) is 0 Å². The summed E-state index contributed by atoms with van der Waals surface area (Å²) in [6, 6.07) is 6.57. The molecular formula is C16H13FN6S2. The van der Waals surface area contributed by atoms with E-state index in [4.69, 9.17) is 0 Å². The summed E-state index contributed by atoms with van der Waals surface area (Å²) in [5, 5.41) is 16.3. The molecule has 0 saturated carbocycles. The quantitative estimate of drug-likeness (QED) is 0.500. The fourth-order valence-corrected chi connectivity index (χ4v) is 4.41. The molecular weight excluding hydrogens is 359 g/mol. The van der Waals surface area contributed by atoms with E-state index >= 15 is 0 Å². The Hall–Kier alpha value is -2.39. The van der Waals surface area contributed by atoms with E-state index in [0.29, 0.717) is 5.16 Å². The van der Waals surface area contributed by atoms with Crippen LogP contribution >= 0.6 is 23.1 Å². The fourth-order valence-electron chi connectivity index (χ4n) is 2.43. The van der Waals surface area contributed by atoms with Crippen molar-refractivity contribution >= 4 is 33.3 Å². The van der Waals surface area contributed by atoms with Crippen molar-refractivity contribution in [2.75, 3.05) is 0 Å². The van der Waals surface area contributed by atoms with E-state index in [1.807, 2.05) is 19.2 Å². The van der Waals surface area contributed by atoms with Gasteiger partial charge in [0.2, 0.25) is 5.16 Å². The van der Waals surface area contributed by atoms with Gasteiger partial charge in [-0.15, -0.1) is 16.4 Å². The van der Waals surface area contributed by atoms with Gasteiger partial charge in [0, 0.05) is 10.9 Å². The molecule has 1 aromatic carbocycles. The highest BCUT2D eigenvalue weighted by molar-refractivity contribution is 7.99. The monoisotopic (exact) mass is 372 g/mol. The van der Waals surface area contributed by atoms with Gasteiger partial charge in [0.05, 0.1) is 11.4 Å². The number of benzene rings is 1. The molecule has 0 bridgehead atoms. The van der Waals surface area contributed by atoms with Gasteiger partial charge < -0.3 is 0 Å². The number of thiophene rings is 1. The van der Waals surface area contributed by atoms with Gasteiger partial charge in [-0.2, -0.15) is 0 Å². The summed E-state index contributed by atoms with van der Waals surface area (Å²) in [4.78, 5) is 9.66. The predicted octanol–water partition coefficient (Wildman–Crippen LogP) is 4.22. The lowest BCUT2D eigenvalue weighted by Gasteiger charge is -2.08. The second-order valence-corrected chi connectivity index (χ2v) is 7.43. The zero-order chi connectivity index (χ0) is 17.4. The summed E-state index contributed by atoms with van der Waals surface area (Å²) in [6.45, 7) is 4.04. The summed E-state index contributed by atoms with van der Waals surface area (Å²) in [7, 11) is 0. The lowest BCUT2D eigenvalue weighted by Crippen LogP contribution is -2.04. The molecule has 0 spiro atoms. The predicted molar refractivity (Wildman–Crippen MR) is 95.1 cm³/mol. The van der Waals surface area contributed by atoms with E-state index in [0.717, 1.165) is 26.4 Å². The minimum absolute atomic E-state index is 0.147. The van der Waals surface area contributed by atoms with Crippen molar-refractivity contribution in [3.05, 3.63) is 41.8 Å². The maximum Gasteiger partial charge on any atom is 0.215 e. The number of rotatable bonds is 4. The average molecular weight is 372 g/mol. The van der Waals surface area contributed by atoms with Crippen LogP contribution in [-0.2, 0) is 0 Å². The molecule has 4 rings (SSSR count). The molecule has 3 heterocycles. The Labute approximate surface area is 151 Å². The van der Waals surface area contributed by atoms with Crippen LogP contribution in [0, 0.1) is 5.82 Å². The summed E-state index contributed by atoms with van der Waals surface area (Å²) >= 11 is 2.94. The van der Waals surface area contributed by atoms with Crippen LogP contribution in [0.4, 0.5) is 4.39 Å². The van der Waals surface area contributed by atoms with Gasteiger partial charge in [-0.25, -0.2) is 19.0 Å². The van der Waals surface area contributed by atoms with Gasteiger partial charge in [-0.05, 0) is 53.7 Å². The van der Waals surface area contributed by atoms with Crippen LogP contribution in [0.1, 0.15) is 19.9 Å². The molecule has 0 aliphatic rings. The van der Waals surface area contributed by atoms with Crippen molar-refractivity contribution in [1.29, 1.82) is 0 Å². The molecule has 0 saturated heterocycles. The van der Waals surface area contributed by atoms with Gasteiger partial charge in [-0.3, -0.25) is 0 Å². The minimum atomic E-state index is -0.259. The largest absolute Gasteiger partial charge is 0.229 e. The van der Waals surface area contributed by atoms with E-state index in [1.165, 1.54) is 35.2 Å². The highest BCUT2D eigenvalue weighted by Crippen LogP contribution is 2.39. The number of aromatic nitrogens is 6. The Morgan fingerprint density at radius 2 is 1.96 bits per heavy atom. The first-order valence-electron chi connectivity index (χ1n) is 7.57. The van der Waals surface area contributed by atoms with Crippen molar-refractivity contribution in [1.82, 2.24) is 30.2 Å². The molecule has 0 radical (unpaired) electrons. The Kier molecular flexibility index (Phi) is 4.18. The zero-order valence-electron chi connectivity index (χ0n) is 13.4. The molecule has 0 fully saturated rings. The van der Waals surface area contributed by atoms with Crippen LogP contribution in [0.3, 0.4) is 0 Å². The molecule has 9 heteroatoms. The number of hydrogen-bond donors (Lipinski definition) is 0. The molecule has 126 valence electrons. The first-order valence-corrected chi connectivity index (χ1v) is 9.27. The van der Waals surface area contributed by atoms with Gasteiger partial charge in [0.25, 0.3) is 0 Å². The van der Waals surface area contributed by atoms with Crippen LogP contribution in [0.15, 0.2) is 46.2 Å². The third-order valence-electron chi connectivity index (χ3n) is 3.63. The number of hydrogen-bond acceptors (Lipinski definition) is 7. The Balaban J connectivity index is 1.83. The van der Waals surface area contributed by atoms with E-state index in [9.17, 15) is 4.39 Å². The Morgan fingerprint density at radius 1 is 1.16 bits per heavy atom. The summed E-state index contributed by atoms with van der Waals surface area (Å²) < 4.78 is 15.0. The summed E-state index contributed by atoms with van der Waals surface area (Å²) in [6.07, 6.45) is 1.54. The van der Waals surface area contributed by atoms with E-state index in [1.54, 1.807) is 23.1 Å². The third kappa shape index (κ3) is 3.00. The summed E-state index contributed by atoms with van der Waals surface area (Å²) in [5.41, 5.74) is 1.90. The lowest BCUT2D eigenvalue weighted by atomic mass is 10.1. The van der Waals surface area contributed by atoms with Crippen molar-refractivity contribution < 1.29 is 4.39 Å². The van der Waals surface area contributed by atoms with Crippen LogP contribution in [0.2, 0.25) is 0 Å². The average Bonchev–Trinajstić information content (AvgIpc) is 3.23. The third-order valence-corrected chi connectivity index (χ3v) is 5.47. The van der Waals surface area contributed by atoms with Crippen molar-refractivity contribution in [3.8, 4) is 11.1 Å². The van der Waals surface area contributed by atoms with E-state index in [2.05, 4.69) is 25.5 Å². The van der Waals surface area contributed by atoms with Crippen LogP contribution in [0.25, 0.3) is 21.3 Å². The molecule has 0 amide bonds. The fraction of sp³-hybridized carbons (Fsp3) is 0.188. The molecule has 0 N–H and O–H groups in total. The molecule has 4 aromatic rings. The number of nitrogens with zero attached hydrogens (tertiary/aromatic N) is 6. The maximum atomic E-state index is 13.2. The number of fused-ring (bicyclic) bond motifs is 1. The molecule has 0 unspecified atom stereocenters. The highest BCUT2D eigenvalue weighted by Gasteiger charge is 2.18. The summed E-state index contributed by atoms with van der Waals surface area (Å²) in [5.74, 6) is -0.259. The van der Waals surface area contributed by atoms with Crippen molar-refractivity contribution in [3.63, 3.8) is 0 Å². The number of tetrazole rings is 1. The zero-order valence-corrected chi connectivity index (χ0v) is 15.1. The standard InChI is InChI=1S/C16H13FN6S2/c1-9(2)23-16(20-21-22-23)25-15-13-12(7-24-14(13)18-8-19-15)10-3-5-11(17)6-4-10/h3-9H,1-2H3. The van der Waals surface area contributed by atoms with Gasteiger partial charge in [-0.1, -0.05) is 12.1 Å². The first-order chi connectivity index (χ1) is 12.1. The second-order valence-electron chi connectivity index (χ2n) is 5.62. The van der Waals surface area contributed by atoms with Gasteiger partial charge >= 0.3 is 0 Å². The first kappa shape index (κ1) is 16.1. The van der Waals surface area contributed by atoms with E-state index < -0.39 is 0 Å². The van der Waals surface area contributed by atoms with Crippen LogP contribution < -0.4 is 0 Å². The van der Waals surface area contributed by atoms with Gasteiger partial charge in [0.1, 0.15) is 22.0 Å². The Bertz CT molecular complexity index is 1020. The SMILES string of the molecule is CC(C)n1nnnc1Sc1ncnc2scc(-c3ccc(F)cc3)c12. The maximum absolute atomic E-state index is 13.2. The smallest absolute Gasteiger partial charge is 0.215 e. The lowest BCUT2D eigenvalue weighted by molar-refractivity contribution is 0.477. The minimum Gasteiger partial charge on any atom is -0.229 e. The highest BCUT2D eigenvalue weighted by atomic mass is 32.2. The molecule has 3 aromatic heterocycles. The molecule has 6 nitrogen and oxygen atoms in total.